The van der Waals surface area contributed by atoms with Gasteiger partial charge in [0.15, 0.2) is 0 Å². The molecule has 2 rings (SSSR count). The Bertz CT molecular complexity index is 535. The van der Waals surface area contributed by atoms with Crippen molar-refractivity contribution in [1.82, 2.24) is 4.57 Å². The van der Waals surface area contributed by atoms with E-state index >= 15 is 0 Å². The predicted molar refractivity (Wildman–Crippen MR) is 69.4 cm³/mol. The molecule has 0 saturated heterocycles. The van der Waals surface area contributed by atoms with Crippen molar-refractivity contribution < 1.29 is 9.84 Å². The first-order valence-corrected chi connectivity index (χ1v) is 5.87. The quantitative estimate of drug-likeness (QED) is 0.884. The van der Waals surface area contributed by atoms with Crippen molar-refractivity contribution in [3.8, 4) is 5.75 Å². The van der Waals surface area contributed by atoms with Crippen LogP contribution in [0.25, 0.3) is 10.9 Å². The lowest BCUT2D eigenvalue weighted by atomic mass is 10.1. The maximum absolute atomic E-state index is 10.2. The highest BCUT2D eigenvalue weighted by Crippen LogP contribution is 2.30. The van der Waals surface area contributed by atoms with E-state index in [-0.39, 0.29) is 0 Å². The first-order valence-electron chi connectivity index (χ1n) is 5.87. The number of aryl methyl sites for hydroxylation is 1. The van der Waals surface area contributed by atoms with Gasteiger partial charge in [-0.1, -0.05) is 0 Å². The number of hydrogen-bond donors (Lipinski definition) is 1. The molecule has 0 aliphatic rings. The Morgan fingerprint density at radius 2 is 2.00 bits per heavy atom. The summed E-state index contributed by atoms with van der Waals surface area (Å²) in [7, 11) is 1.66. The van der Waals surface area contributed by atoms with Gasteiger partial charge in [0.25, 0.3) is 0 Å². The minimum absolute atomic E-state index is 0.831. The van der Waals surface area contributed by atoms with Crippen molar-refractivity contribution in [2.75, 3.05) is 7.11 Å². The molecule has 0 atom stereocenters. The molecular weight excluding hydrogens is 214 g/mol. The van der Waals surface area contributed by atoms with Crippen molar-refractivity contribution >= 4 is 10.9 Å². The van der Waals surface area contributed by atoms with Gasteiger partial charge in [0, 0.05) is 17.4 Å². The minimum Gasteiger partial charge on any atom is -0.497 e. The van der Waals surface area contributed by atoms with Gasteiger partial charge >= 0.3 is 0 Å². The Morgan fingerprint density at radius 1 is 1.29 bits per heavy atom. The van der Waals surface area contributed by atoms with E-state index in [2.05, 4.69) is 11.5 Å². The molecule has 0 unspecified atom stereocenters. The normalized spacial score (nSPS) is 12.1. The number of nitrogens with zero attached hydrogens (tertiary/aromatic N) is 1. The van der Waals surface area contributed by atoms with Gasteiger partial charge in [0.05, 0.1) is 18.4 Å². The number of aromatic nitrogens is 1. The zero-order valence-corrected chi connectivity index (χ0v) is 10.8. The highest BCUT2D eigenvalue weighted by Gasteiger charge is 2.22. The molecule has 0 amide bonds. The highest BCUT2D eigenvalue weighted by molar-refractivity contribution is 5.83. The second-order valence-electron chi connectivity index (χ2n) is 4.76. The van der Waals surface area contributed by atoms with Crippen LogP contribution in [0.5, 0.6) is 5.75 Å². The van der Waals surface area contributed by atoms with Gasteiger partial charge in [-0.25, -0.2) is 0 Å². The third-order valence-corrected chi connectivity index (χ3v) is 3.05. The number of ether oxygens (including phenoxy) is 1. The number of fused-ring (bicyclic) bond motifs is 1. The summed E-state index contributed by atoms with van der Waals surface area (Å²) in [5, 5.41) is 11.3. The van der Waals surface area contributed by atoms with E-state index in [1.54, 1.807) is 7.11 Å². The summed E-state index contributed by atoms with van der Waals surface area (Å²) in [5.74, 6) is 0.841. The van der Waals surface area contributed by atoms with Crippen LogP contribution in [-0.4, -0.2) is 16.8 Å². The van der Waals surface area contributed by atoms with Crippen LogP contribution in [0.3, 0.4) is 0 Å². The molecule has 0 fully saturated rings. The van der Waals surface area contributed by atoms with E-state index in [1.807, 2.05) is 38.1 Å². The summed E-state index contributed by atoms with van der Waals surface area (Å²) in [6.07, 6.45) is 0. The van der Waals surface area contributed by atoms with E-state index in [4.69, 9.17) is 4.74 Å². The second-order valence-corrected chi connectivity index (χ2v) is 4.76. The first-order chi connectivity index (χ1) is 7.97. The lowest BCUT2D eigenvalue weighted by Gasteiger charge is -2.20. The summed E-state index contributed by atoms with van der Waals surface area (Å²) < 4.78 is 7.35. The molecule has 3 heteroatoms. The largest absolute Gasteiger partial charge is 0.497 e. The molecule has 0 aliphatic carbocycles. The van der Waals surface area contributed by atoms with Crippen LogP contribution in [-0.2, 0) is 12.1 Å². The van der Waals surface area contributed by atoms with Crippen molar-refractivity contribution in [3.05, 3.63) is 30.0 Å². The van der Waals surface area contributed by atoms with E-state index in [0.29, 0.717) is 0 Å². The van der Waals surface area contributed by atoms with E-state index in [0.717, 1.165) is 28.9 Å². The monoisotopic (exact) mass is 233 g/mol. The second kappa shape index (κ2) is 4.08. The number of rotatable bonds is 3. The maximum atomic E-state index is 10.2. The molecule has 1 N–H and O–H groups in total. The number of benzene rings is 1. The third kappa shape index (κ3) is 2.03. The summed E-state index contributed by atoms with van der Waals surface area (Å²) in [5.41, 5.74) is 1.23. The Balaban J connectivity index is 2.70. The molecule has 1 aromatic heterocycles. The molecule has 1 aromatic carbocycles. The fourth-order valence-corrected chi connectivity index (χ4v) is 2.22. The van der Waals surface area contributed by atoms with Crippen LogP contribution in [0.1, 0.15) is 26.5 Å². The van der Waals surface area contributed by atoms with Crippen molar-refractivity contribution in [3.63, 3.8) is 0 Å². The Labute approximate surface area is 102 Å². The summed E-state index contributed by atoms with van der Waals surface area (Å²) in [6, 6.07) is 8.01. The van der Waals surface area contributed by atoms with Gasteiger partial charge in [0.1, 0.15) is 5.75 Å². The molecule has 1 heterocycles. The average molecular weight is 233 g/mol. The molecule has 17 heavy (non-hydrogen) atoms. The van der Waals surface area contributed by atoms with E-state index < -0.39 is 5.60 Å². The minimum atomic E-state index is -0.831. The molecule has 2 aromatic rings. The first kappa shape index (κ1) is 12.0. The van der Waals surface area contributed by atoms with Crippen LogP contribution in [0, 0.1) is 0 Å². The predicted octanol–water partition coefficient (Wildman–Crippen LogP) is 2.90. The fraction of sp³-hybridized carbons (Fsp3) is 0.429. The summed E-state index contributed by atoms with van der Waals surface area (Å²) >= 11 is 0. The van der Waals surface area contributed by atoms with Crippen LogP contribution >= 0.6 is 0 Å². The molecule has 0 spiro atoms. The van der Waals surface area contributed by atoms with Crippen LogP contribution < -0.4 is 4.74 Å². The topological polar surface area (TPSA) is 34.4 Å². The Hall–Kier alpha value is -1.48. The van der Waals surface area contributed by atoms with Crippen LogP contribution in [0.4, 0.5) is 0 Å². The van der Waals surface area contributed by atoms with Gasteiger partial charge in [-0.05, 0) is 45.0 Å². The molecule has 0 saturated carbocycles. The van der Waals surface area contributed by atoms with Crippen LogP contribution in [0.15, 0.2) is 24.3 Å². The number of aliphatic hydroxyl groups is 1. The Kier molecular flexibility index (Phi) is 2.87. The lowest BCUT2D eigenvalue weighted by molar-refractivity contribution is 0.0704. The maximum Gasteiger partial charge on any atom is 0.119 e. The highest BCUT2D eigenvalue weighted by atomic mass is 16.5. The third-order valence-electron chi connectivity index (χ3n) is 3.05. The van der Waals surface area contributed by atoms with Gasteiger partial charge in [-0.15, -0.1) is 0 Å². The number of methoxy groups -OCH3 is 1. The molecule has 92 valence electrons. The zero-order chi connectivity index (χ0) is 12.6. The SMILES string of the molecule is CCn1c(C(C)(C)O)cc2cc(OC)ccc21. The average Bonchev–Trinajstić information content (AvgIpc) is 2.65. The fourth-order valence-electron chi connectivity index (χ4n) is 2.22. The smallest absolute Gasteiger partial charge is 0.119 e. The number of hydrogen-bond acceptors (Lipinski definition) is 2. The summed E-state index contributed by atoms with van der Waals surface area (Å²) in [6.45, 7) is 6.54. The van der Waals surface area contributed by atoms with Crippen molar-refractivity contribution in [1.29, 1.82) is 0 Å². The Morgan fingerprint density at radius 3 is 2.53 bits per heavy atom. The summed E-state index contributed by atoms with van der Waals surface area (Å²) in [4.78, 5) is 0. The van der Waals surface area contributed by atoms with E-state index in [9.17, 15) is 5.11 Å². The molecule has 0 aliphatic heterocycles. The van der Waals surface area contributed by atoms with Gasteiger partial charge in [0.2, 0.25) is 0 Å². The van der Waals surface area contributed by atoms with Crippen molar-refractivity contribution in [2.24, 2.45) is 0 Å². The van der Waals surface area contributed by atoms with Crippen molar-refractivity contribution in [2.45, 2.75) is 32.9 Å². The van der Waals surface area contributed by atoms with Gasteiger partial charge in [-0.2, -0.15) is 0 Å². The van der Waals surface area contributed by atoms with E-state index in [1.165, 1.54) is 0 Å². The van der Waals surface area contributed by atoms with Crippen LogP contribution in [0.2, 0.25) is 0 Å². The lowest BCUT2D eigenvalue weighted by Crippen LogP contribution is -2.20. The molecule has 0 radical (unpaired) electrons. The molecule has 3 nitrogen and oxygen atoms in total. The molecule has 0 bridgehead atoms. The van der Waals surface area contributed by atoms with Gasteiger partial charge < -0.3 is 14.4 Å². The van der Waals surface area contributed by atoms with Gasteiger partial charge in [-0.3, -0.25) is 0 Å². The zero-order valence-electron chi connectivity index (χ0n) is 10.8. The molecular formula is C14H19NO2. The standard InChI is InChI=1S/C14H19NO2/c1-5-15-12-7-6-11(17-4)8-10(12)9-13(15)14(2,3)16/h6-9,16H,5H2,1-4H3.